The summed E-state index contributed by atoms with van der Waals surface area (Å²) in [6.07, 6.45) is 7.44. The van der Waals surface area contributed by atoms with E-state index in [2.05, 4.69) is 4.98 Å². The molecule has 1 fully saturated rings. The van der Waals surface area contributed by atoms with Crippen molar-refractivity contribution in [2.24, 2.45) is 5.92 Å². The molecule has 1 aliphatic carbocycles. The SMILES string of the molecule is O=C(O)c1cn2c(cc1=O)-c1c(cc(OCCC3CC3)c3c1CCO3)CN2c1nccs1. The minimum atomic E-state index is -1.25. The van der Waals surface area contributed by atoms with Gasteiger partial charge in [0.1, 0.15) is 5.56 Å². The number of carbonyl (C=O) groups is 1. The van der Waals surface area contributed by atoms with Gasteiger partial charge in [0, 0.05) is 41.4 Å². The van der Waals surface area contributed by atoms with Gasteiger partial charge in [-0.3, -0.25) is 14.5 Å². The third-order valence-corrected chi connectivity index (χ3v) is 7.03. The van der Waals surface area contributed by atoms with Crippen molar-refractivity contribution in [3.8, 4) is 22.8 Å². The number of aromatic nitrogens is 2. The molecule has 0 saturated heterocycles. The average Bonchev–Trinajstić information content (AvgIpc) is 3.23. The van der Waals surface area contributed by atoms with Crippen molar-refractivity contribution < 1.29 is 19.4 Å². The molecule has 1 aromatic carbocycles. The molecule has 1 N–H and O–H groups in total. The zero-order chi connectivity index (χ0) is 21.8. The van der Waals surface area contributed by atoms with Gasteiger partial charge in [0.05, 0.1) is 25.5 Å². The third-order valence-electron chi connectivity index (χ3n) is 6.24. The Bertz CT molecular complexity index is 1280. The zero-order valence-corrected chi connectivity index (χ0v) is 18.1. The number of anilines is 1. The van der Waals surface area contributed by atoms with Crippen molar-refractivity contribution >= 4 is 22.4 Å². The summed E-state index contributed by atoms with van der Waals surface area (Å²) in [6, 6.07) is 3.42. The molecule has 3 aromatic rings. The molecular weight excluding hydrogens is 430 g/mol. The van der Waals surface area contributed by atoms with Gasteiger partial charge in [0.25, 0.3) is 0 Å². The zero-order valence-electron chi connectivity index (χ0n) is 17.2. The predicted octanol–water partition coefficient (Wildman–Crippen LogP) is 3.57. The summed E-state index contributed by atoms with van der Waals surface area (Å²) in [5, 5.41) is 14.0. The lowest BCUT2D eigenvalue weighted by atomic mass is 9.93. The van der Waals surface area contributed by atoms with Crippen LogP contribution in [0.3, 0.4) is 0 Å². The van der Waals surface area contributed by atoms with Crippen LogP contribution in [0.25, 0.3) is 11.3 Å². The van der Waals surface area contributed by atoms with E-state index < -0.39 is 11.4 Å². The second-order valence-electron chi connectivity index (χ2n) is 8.35. The van der Waals surface area contributed by atoms with Gasteiger partial charge in [-0.05, 0) is 24.0 Å². The molecule has 164 valence electrons. The number of carboxylic acid groups (broad SMARTS) is 1. The van der Waals surface area contributed by atoms with Gasteiger partial charge in [0.2, 0.25) is 5.13 Å². The van der Waals surface area contributed by atoms with E-state index in [0.29, 0.717) is 37.0 Å². The number of hydrogen-bond acceptors (Lipinski definition) is 7. The van der Waals surface area contributed by atoms with Gasteiger partial charge >= 0.3 is 5.97 Å². The van der Waals surface area contributed by atoms with Crippen LogP contribution in [-0.2, 0) is 13.0 Å². The standard InChI is InChI=1S/C23H21N3O5S/c27-18-10-17-20-14(9-19(21-15(20)4-7-31-21)30-6-3-13-1-2-13)11-26(23-24-5-8-32-23)25(17)12-16(18)22(28)29/h5,8-10,12-13H,1-4,6-7,11H2,(H,28,29). The number of ether oxygens (including phenoxy) is 2. The first-order valence-corrected chi connectivity index (χ1v) is 11.6. The fourth-order valence-electron chi connectivity index (χ4n) is 4.51. The van der Waals surface area contributed by atoms with Gasteiger partial charge < -0.3 is 14.6 Å². The maximum absolute atomic E-state index is 12.6. The minimum Gasteiger partial charge on any atom is -0.490 e. The van der Waals surface area contributed by atoms with Gasteiger partial charge in [-0.1, -0.05) is 12.8 Å². The fraction of sp³-hybridized carbons (Fsp3) is 0.348. The molecular formula is C23H21N3O5S. The van der Waals surface area contributed by atoms with Gasteiger partial charge in [-0.15, -0.1) is 11.3 Å². The highest BCUT2D eigenvalue weighted by Gasteiger charge is 2.33. The van der Waals surface area contributed by atoms with Crippen molar-refractivity contribution in [3.63, 3.8) is 0 Å². The number of aromatic carboxylic acids is 1. The first-order valence-electron chi connectivity index (χ1n) is 10.7. The summed E-state index contributed by atoms with van der Waals surface area (Å²) in [5.41, 5.74) is 2.80. The highest BCUT2D eigenvalue weighted by molar-refractivity contribution is 7.13. The van der Waals surface area contributed by atoms with Crippen LogP contribution in [0.5, 0.6) is 11.5 Å². The van der Waals surface area contributed by atoms with Crippen LogP contribution in [0.1, 0.15) is 40.7 Å². The van der Waals surface area contributed by atoms with Crippen molar-refractivity contribution in [1.82, 2.24) is 9.66 Å². The maximum atomic E-state index is 12.6. The second-order valence-corrected chi connectivity index (χ2v) is 9.23. The van der Waals surface area contributed by atoms with E-state index in [9.17, 15) is 14.7 Å². The molecule has 0 atom stereocenters. The van der Waals surface area contributed by atoms with E-state index in [1.165, 1.54) is 36.4 Å². The van der Waals surface area contributed by atoms with Gasteiger partial charge in [-0.25, -0.2) is 9.78 Å². The van der Waals surface area contributed by atoms with Crippen molar-refractivity contribution in [2.45, 2.75) is 32.2 Å². The normalized spacial score (nSPS) is 16.2. The average molecular weight is 452 g/mol. The molecule has 2 aromatic heterocycles. The third kappa shape index (κ3) is 3.15. The van der Waals surface area contributed by atoms with E-state index in [0.717, 1.165) is 40.5 Å². The number of thiazole rings is 1. The van der Waals surface area contributed by atoms with Crippen molar-refractivity contribution in [2.75, 3.05) is 18.2 Å². The lowest BCUT2D eigenvalue weighted by molar-refractivity contribution is 0.0694. The van der Waals surface area contributed by atoms with Crippen LogP contribution in [0.15, 0.2) is 34.7 Å². The molecule has 6 rings (SSSR count). The summed E-state index contributed by atoms with van der Waals surface area (Å²) < 4.78 is 13.8. The molecule has 0 bridgehead atoms. The number of fused-ring (bicyclic) bond motifs is 5. The van der Waals surface area contributed by atoms with Gasteiger partial charge in [-0.2, -0.15) is 0 Å². The highest BCUT2D eigenvalue weighted by Crippen LogP contribution is 2.47. The van der Waals surface area contributed by atoms with Crippen LogP contribution < -0.4 is 19.9 Å². The molecule has 2 aliphatic heterocycles. The predicted molar refractivity (Wildman–Crippen MR) is 119 cm³/mol. The molecule has 3 aliphatic rings. The van der Waals surface area contributed by atoms with Crippen molar-refractivity contribution in [1.29, 1.82) is 0 Å². The number of rotatable bonds is 6. The molecule has 8 nitrogen and oxygen atoms in total. The molecule has 0 amide bonds. The lowest BCUT2D eigenvalue weighted by Gasteiger charge is -2.34. The van der Waals surface area contributed by atoms with Crippen LogP contribution in [0.2, 0.25) is 0 Å². The lowest BCUT2D eigenvalue weighted by Crippen LogP contribution is -2.36. The molecule has 0 spiro atoms. The number of carboxylic acids is 1. The summed E-state index contributed by atoms with van der Waals surface area (Å²) in [4.78, 5) is 28.7. The van der Waals surface area contributed by atoms with E-state index in [1.807, 2.05) is 16.5 Å². The van der Waals surface area contributed by atoms with E-state index in [-0.39, 0.29) is 5.56 Å². The smallest absolute Gasteiger partial charge is 0.341 e. The fourth-order valence-corrected chi connectivity index (χ4v) is 5.15. The second kappa shape index (κ2) is 7.37. The van der Waals surface area contributed by atoms with Crippen LogP contribution in [-0.4, -0.2) is 33.9 Å². The van der Waals surface area contributed by atoms with Crippen LogP contribution in [0.4, 0.5) is 5.13 Å². The molecule has 4 heterocycles. The summed E-state index contributed by atoms with van der Waals surface area (Å²) in [7, 11) is 0. The number of benzene rings is 1. The molecule has 0 radical (unpaired) electrons. The summed E-state index contributed by atoms with van der Waals surface area (Å²) in [5.74, 6) is 1.02. The monoisotopic (exact) mass is 451 g/mol. The number of hydrogen-bond donors (Lipinski definition) is 1. The Morgan fingerprint density at radius 3 is 2.97 bits per heavy atom. The Morgan fingerprint density at radius 1 is 1.34 bits per heavy atom. The van der Waals surface area contributed by atoms with Crippen LogP contribution >= 0.6 is 11.3 Å². The molecule has 9 heteroatoms. The van der Waals surface area contributed by atoms with Crippen LogP contribution in [0, 0.1) is 5.92 Å². The number of pyridine rings is 1. The van der Waals surface area contributed by atoms with E-state index >= 15 is 0 Å². The topological polar surface area (TPSA) is 93.9 Å². The molecule has 1 saturated carbocycles. The first-order chi connectivity index (χ1) is 15.6. The Labute approximate surface area is 187 Å². The summed E-state index contributed by atoms with van der Waals surface area (Å²) in [6.45, 7) is 1.69. The minimum absolute atomic E-state index is 0.272. The Kier molecular flexibility index (Phi) is 4.46. The van der Waals surface area contributed by atoms with E-state index in [4.69, 9.17) is 9.47 Å². The number of nitrogens with zero attached hydrogens (tertiary/aromatic N) is 3. The summed E-state index contributed by atoms with van der Waals surface area (Å²) >= 11 is 1.45. The van der Waals surface area contributed by atoms with E-state index in [1.54, 1.807) is 10.9 Å². The molecule has 32 heavy (non-hydrogen) atoms. The highest BCUT2D eigenvalue weighted by atomic mass is 32.1. The quantitative estimate of drug-likeness (QED) is 0.612. The first kappa shape index (κ1) is 19.4. The maximum Gasteiger partial charge on any atom is 0.341 e. The Balaban J connectivity index is 1.51. The Hall–Kier alpha value is -3.33. The molecule has 0 unspecified atom stereocenters. The largest absolute Gasteiger partial charge is 0.490 e. The van der Waals surface area contributed by atoms with Gasteiger partial charge in [0.15, 0.2) is 16.9 Å². The Morgan fingerprint density at radius 2 is 2.22 bits per heavy atom. The van der Waals surface area contributed by atoms with Crippen molar-refractivity contribution in [3.05, 3.63) is 56.8 Å².